The molecule has 3 aromatic rings. The third-order valence-corrected chi connectivity index (χ3v) is 4.95. The van der Waals surface area contributed by atoms with Crippen molar-refractivity contribution in [1.29, 1.82) is 0 Å². The van der Waals surface area contributed by atoms with E-state index in [9.17, 15) is 0 Å². The number of aromatic nitrogens is 5. The number of rotatable bonds is 3. The predicted octanol–water partition coefficient (Wildman–Crippen LogP) is 3.85. The summed E-state index contributed by atoms with van der Waals surface area (Å²) in [6.07, 6.45) is 11.0. The maximum absolute atomic E-state index is 6.02. The van der Waals surface area contributed by atoms with Crippen molar-refractivity contribution < 1.29 is 4.52 Å². The van der Waals surface area contributed by atoms with Gasteiger partial charge in [-0.15, -0.1) is 0 Å². The van der Waals surface area contributed by atoms with Gasteiger partial charge in [-0.2, -0.15) is 4.98 Å². The first-order chi connectivity index (χ1) is 12.7. The number of pyridine rings is 1. The highest BCUT2D eigenvalue weighted by atomic mass is 16.5. The van der Waals surface area contributed by atoms with Gasteiger partial charge >= 0.3 is 0 Å². The van der Waals surface area contributed by atoms with Crippen molar-refractivity contribution >= 4 is 5.82 Å². The average molecular weight is 350 g/mol. The van der Waals surface area contributed by atoms with E-state index >= 15 is 0 Å². The quantitative estimate of drug-likeness (QED) is 0.715. The lowest BCUT2D eigenvalue weighted by Crippen LogP contribution is -2.03. The minimum Gasteiger partial charge on any atom is -0.382 e. The van der Waals surface area contributed by atoms with Crippen LogP contribution < -0.4 is 5.73 Å². The van der Waals surface area contributed by atoms with Gasteiger partial charge < -0.3 is 10.3 Å². The number of nitrogen functional groups attached to an aromatic ring is 1. The van der Waals surface area contributed by atoms with Crippen molar-refractivity contribution in [2.45, 2.75) is 44.9 Å². The van der Waals surface area contributed by atoms with Crippen molar-refractivity contribution in [3.63, 3.8) is 0 Å². The second kappa shape index (κ2) is 7.19. The molecule has 0 amide bonds. The molecule has 2 atom stereocenters. The molecule has 26 heavy (non-hydrogen) atoms. The Morgan fingerprint density at radius 1 is 1.15 bits per heavy atom. The van der Waals surface area contributed by atoms with Crippen molar-refractivity contribution in [2.75, 3.05) is 5.73 Å². The number of hydrogen-bond donors (Lipinski definition) is 1. The van der Waals surface area contributed by atoms with Crippen LogP contribution >= 0.6 is 0 Å². The van der Waals surface area contributed by atoms with Crippen LogP contribution in [0.5, 0.6) is 0 Å². The Bertz CT molecular complexity index is 879. The second-order valence-corrected chi connectivity index (χ2v) is 7.01. The van der Waals surface area contributed by atoms with Gasteiger partial charge in [0.15, 0.2) is 11.5 Å². The van der Waals surface area contributed by atoms with Gasteiger partial charge in [0.05, 0.1) is 11.9 Å². The highest BCUT2D eigenvalue weighted by molar-refractivity contribution is 5.68. The normalized spacial score (nSPS) is 20.7. The third kappa shape index (κ3) is 3.42. The molecule has 2 unspecified atom stereocenters. The van der Waals surface area contributed by atoms with E-state index < -0.39 is 0 Å². The molecule has 2 N–H and O–H groups in total. The minimum atomic E-state index is 0.291. The average Bonchev–Trinajstić information content (AvgIpc) is 3.05. The molecule has 0 spiro atoms. The van der Waals surface area contributed by atoms with Crippen LogP contribution in [0.4, 0.5) is 5.82 Å². The fraction of sp³-hybridized carbons (Fsp3) is 0.421. The Hall–Kier alpha value is -2.83. The van der Waals surface area contributed by atoms with Crippen molar-refractivity contribution in [1.82, 2.24) is 25.1 Å². The molecule has 134 valence electrons. The molecule has 0 aliphatic heterocycles. The van der Waals surface area contributed by atoms with E-state index in [-0.39, 0.29) is 0 Å². The molecule has 1 fully saturated rings. The predicted molar refractivity (Wildman–Crippen MR) is 98.0 cm³/mol. The Kier molecular flexibility index (Phi) is 4.60. The van der Waals surface area contributed by atoms with Crippen LogP contribution in [0.25, 0.3) is 22.8 Å². The Morgan fingerprint density at radius 3 is 2.88 bits per heavy atom. The van der Waals surface area contributed by atoms with E-state index in [0.717, 1.165) is 18.4 Å². The highest BCUT2D eigenvalue weighted by Crippen LogP contribution is 2.34. The van der Waals surface area contributed by atoms with Crippen LogP contribution in [0.2, 0.25) is 0 Å². The number of nitrogens with two attached hydrogens (primary N) is 1. The maximum Gasteiger partial charge on any atom is 0.230 e. The summed E-state index contributed by atoms with van der Waals surface area (Å²) in [4.78, 5) is 17.6. The first-order valence-corrected chi connectivity index (χ1v) is 9.07. The van der Waals surface area contributed by atoms with Gasteiger partial charge in [-0.05, 0) is 30.9 Å². The Labute approximate surface area is 152 Å². The zero-order valence-electron chi connectivity index (χ0n) is 14.8. The van der Waals surface area contributed by atoms with Gasteiger partial charge in [-0.3, -0.25) is 4.98 Å². The Morgan fingerprint density at radius 2 is 2.04 bits per heavy atom. The number of nitrogens with zero attached hydrogens (tertiary/aromatic N) is 5. The second-order valence-electron chi connectivity index (χ2n) is 7.01. The Balaban J connectivity index is 1.65. The van der Waals surface area contributed by atoms with Crippen LogP contribution in [0.15, 0.2) is 35.2 Å². The van der Waals surface area contributed by atoms with Crippen LogP contribution in [0, 0.1) is 5.92 Å². The molecular weight excluding hydrogens is 328 g/mol. The van der Waals surface area contributed by atoms with Gasteiger partial charge in [-0.25, -0.2) is 9.97 Å². The lowest BCUT2D eigenvalue weighted by atomic mass is 9.94. The molecule has 4 rings (SSSR count). The van der Waals surface area contributed by atoms with Gasteiger partial charge in [0.25, 0.3) is 0 Å². The minimum absolute atomic E-state index is 0.291. The maximum atomic E-state index is 6.02. The summed E-state index contributed by atoms with van der Waals surface area (Å²) in [5.41, 5.74) is 8.01. The van der Waals surface area contributed by atoms with Crippen LogP contribution in [-0.4, -0.2) is 25.1 Å². The molecule has 3 aromatic heterocycles. The van der Waals surface area contributed by atoms with E-state index in [2.05, 4.69) is 32.0 Å². The molecule has 0 radical (unpaired) electrons. The number of hydrogen-bond acceptors (Lipinski definition) is 7. The number of anilines is 1. The highest BCUT2D eigenvalue weighted by Gasteiger charge is 2.25. The molecule has 0 saturated heterocycles. The molecule has 3 heterocycles. The van der Waals surface area contributed by atoms with E-state index in [1.54, 1.807) is 18.6 Å². The van der Waals surface area contributed by atoms with Crippen molar-refractivity contribution in [2.24, 2.45) is 5.92 Å². The first kappa shape index (κ1) is 16.6. The van der Waals surface area contributed by atoms with Gasteiger partial charge in [-0.1, -0.05) is 31.3 Å². The lowest BCUT2D eigenvalue weighted by molar-refractivity contribution is 0.328. The summed E-state index contributed by atoms with van der Waals surface area (Å²) in [6.45, 7) is 2.29. The zero-order chi connectivity index (χ0) is 17.9. The van der Waals surface area contributed by atoms with Crippen molar-refractivity contribution in [3.8, 4) is 22.8 Å². The molecule has 1 aliphatic carbocycles. The summed E-state index contributed by atoms with van der Waals surface area (Å²) in [5.74, 6) is 2.36. The summed E-state index contributed by atoms with van der Waals surface area (Å²) >= 11 is 0. The molecule has 7 heteroatoms. The van der Waals surface area contributed by atoms with Crippen LogP contribution in [-0.2, 0) is 0 Å². The SMILES string of the molecule is CC1CCCCC(c2nc(-c3nc(-c4cccnc4)cnc3N)no2)C1. The fourth-order valence-corrected chi connectivity index (χ4v) is 3.54. The largest absolute Gasteiger partial charge is 0.382 e. The molecular formula is C19H22N6O. The summed E-state index contributed by atoms with van der Waals surface area (Å²) in [7, 11) is 0. The van der Waals surface area contributed by atoms with E-state index in [4.69, 9.17) is 10.3 Å². The van der Waals surface area contributed by atoms with Crippen LogP contribution in [0.3, 0.4) is 0 Å². The van der Waals surface area contributed by atoms with E-state index in [1.165, 1.54) is 19.3 Å². The molecule has 7 nitrogen and oxygen atoms in total. The van der Waals surface area contributed by atoms with E-state index in [1.807, 2.05) is 12.1 Å². The summed E-state index contributed by atoms with van der Waals surface area (Å²) in [6, 6.07) is 3.78. The zero-order valence-corrected chi connectivity index (χ0v) is 14.8. The summed E-state index contributed by atoms with van der Waals surface area (Å²) < 4.78 is 5.57. The summed E-state index contributed by atoms with van der Waals surface area (Å²) in [5, 5.41) is 4.13. The molecule has 1 saturated carbocycles. The van der Waals surface area contributed by atoms with Gasteiger partial charge in [0.1, 0.15) is 0 Å². The van der Waals surface area contributed by atoms with Crippen LogP contribution in [0.1, 0.15) is 50.8 Å². The molecule has 1 aliphatic rings. The van der Waals surface area contributed by atoms with Gasteiger partial charge in [0.2, 0.25) is 11.7 Å². The smallest absolute Gasteiger partial charge is 0.230 e. The molecule has 0 aromatic carbocycles. The van der Waals surface area contributed by atoms with E-state index in [0.29, 0.717) is 40.8 Å². The molecule has 0 bridgehead atoms. The standard InChI is InChI=1S/C19H22N6O/c1-12-5-2-3-6-13(9-12)19-24-18(25-26-19)16-17(20)22-11-15(23-16)14-7-4-8-21-10-14/h4,7-8,10-13H,2-3,5-6,9H2,1H3,(H2,20,22). The monoisotopic (exact) mass is 350 g/mol. The lowest BCUT2D eigenvalue weighted by Gasteiger charge is -2.12. The first-order valence-electron chi connectivity index (χ1n) is 9.07. The third-order valence-electron chi connectivity index (χ3n) is 4.95. The fourth-order valence-electron chi connectivity index (χ4n) is 3.54. The van der Waals surface area contributed by atoms with Gasteiger partial charge in [0, 0.05) is 23.9 Å². The topological polar surface area (TPSA) is 104 Å². The van der Waals surface area contributed by atoms with Crippen molar-refractivity contribution in [3.05, 3.63) is 36.6 Å².